The van der Waals surface area contributed by atoms with E-state index < -0.39 is 36.3 Å². The molecule has 0 atom stereocenters. The number of rotatable bonds is 6. The lowest BCUT2D eigenvalue weighted by Gasteiger charge is -2.21. The zero-order valence-corrected chi connectivity index (χ0v) is 16.9. The van der Waals surface area contributed by atoms with Crippen LogP contribution in [0, 0.1) is 3.57 Å². The fourth-order valence-electron chi connectivity index (χ4n) is 2.34. The van der Waals surface area contributed by atoms with E-state index in [-0.39, 0.29) is 5.84 Å². The molecule has 0 saturated heterocycles. The average molecular weight is 525 g/mol. The summed E-state index contributed by atoms with van der Waals surface area (Å²) in [5, 5.41) is 2.07. The van der Waals surface area contributed by atoms with E-state index in [1.807, 2.05) is 6.07 Å². The Bertz CT molecular complexity index is 927. The van der Waals surface area contributed by atoms with Crippen LogP contribution in [0.2, 0.25) is 0 Å². The van der Waals surface area contributed by atoms with Gasteiger partial charge in [-0.1, -0.05) is 12.1 Å². The van der Waals surface area contributed by atoms with Crippen molar-refractivity contribution < 1.29 is 27.1 Å². The van der Waals surface area contributed by atoms with E-state index in [4.69, 9.17) is 0 Å². The van der Waals surface area contributed by atoms with Gasteiger partial charge in [0.1, 0.15) is 5.75 Å². The number of benzene rings is 2. The summed E-state index contributed by atoms with van der Waals surface area (Å²) in [4.78, 5) is 17.1. The van der Waals surface area contributed by atoms with Gasteiger partial charge in [-0.25, -0.2) is 4.99 Å². The van der Waals surface area contributed by atoms with E-state index in [0.717, 1.165) is 32.5 Å². The van der Waals surface area contributed by atoms with Gasteiger partial charge in [-0.3, -0.25) is 4.79 Å². The molecule has 0 bridgehead atoms. The minimum Gasteiger partial charge on any atom is -0.434 e. The Morgan fingerprint density at radius 3 is 2.79 bits per heavy atom. The molecular weight excluding hydrogens is 513 g/mol. The molecule has 0 unspecified atom stereocenters. The second-order valence-electron chi connectivity index (χ2n) is 5.54. The third-order valence-electron chi connectivity index (χ3n) is 3.59. The minimum absolute atomic E-state index is 0.133. The van der Waals surface area contributed by atoms with Crippen molar-refractivity contribution in [3.8, 4) is 5.75 Å². The monoisotopic (exact) mass is 525 g/mol. The lowest BCUT2D eigenvalue weighted by atomic mass is 10.1. The smallest absolute Gasteiger partial charge is 0.387 e. The highest BCUT2D eigenvalue weighted by atomic mass is 127. The lowest BCUT2D eigenvalue weighted by molar-refractivity contribution is -0.117. The molecule has 3 rings (SSSR count). The predicted octanol–water partition coefficient (Wildman–Crippen LogP) is 4.44. The second-order valence-corrected chi connectivity index (χ2v) is 7.63. The number of fused-ring (bicyclic) bond motifs is 1. The molecule has 0 aliphatic carbocycles. The number of alkyl halides is 4. The van der Waals surface area contributed by atoms with Gasteiger partial charge < -0.3 is 14.8 Å². The molecule has 2 aromatic carbocycles. The van der Waals surface area contributed by atoms with Crippen LogP contribution < -0.4 is 14.8 Å². The molecule has 1 heterocycles. The van der Waals surface area contributed by atoms with Crippen LogP contribution in [0.3, 0.4) is 0 Å². The molecule has 0 saturated carbocycles. The van der Waals surface area contributed by atoms with Gasteiger partial charge >= 0.3 is 6.61 Å². The molecule has 0 fully saturated rings. The first-order chi connectivity index (χ1) is 13.3. The Morgan fingerprint density at radius 1 is 1.29 bits per heavy atom. The maximum absolute atomic E-state index is 14.5. The number of amidine groups is 1. The molecule has 5 nitrogen and oxygen atoms in total. The van der Waals surface area contributed by atoms with E-state index >= 15 is 0 Å². The number of hydrogen-bond acceptors (Lipinski definition) is 5. The number of hydrogen-bond donors (Lipinski definition) is 2. The first-order valence-electron chi connectivity index (χ1n) is 7.78. The Balaban J connectivity index is 1.71. The molecule has 2 aromatic rings. The van der Waals surface area contributed by atoms with Crippen LogP contribution in [0.1, 0.15) is 5.56 Å². The van der Waals surface area contributed by atoms with Gasteiger partial charge in [0, 0.05) is 3.57 Å². The van der Waals surface area contributed by atoms with Crippen molar-refractivity contribution in [2.75, 3.05) is 6.54 Å². The molecule has 0 radical (unpaired) electrons. The first kappa shape index (κ1) is 20.7. The summed E-state index contributed by atoms with van der Waals surface area (Å²) in [7, 11) is 0. The van der Waals surface area contributed by atoms with Crippen molar-refractivity contribution in [3.05, 3.63) is 51.6 Å². The van der Waals surface area contributed by atoms with Crippen LogP contribution in [0.4, 0.5) is 23.2 Å². The van der Waals surface area contributed by atoms with Crippen molar-refractivity contribution in [1.82, 2.24) is 10.0 Å². The molecule has 0 spiro atoms. The number of nitrogens with zero attached hydrogens (tertiary/aromatic N) is 1. The first-order valence-corrected chi connectivity index (χ1v) is 9.67. The van der Waals surface area contributed by atoms with Gasteiger partial charge in [0.2, 0.25) is 5.84 Å². The summed E-state index contributed by atoms with van der Waals surface area (Å²) in [6, 6.07) is 9.92. The van der Waals surface area contributed by atoms with Gasteiger partial charge in [-0.2, -0.15) is 17.6 Å². The van der Waals surface area contributed by atoms with Gasteiger partial charge in [0.25, 0.3) is 11.8 Å². The fraction of sp³-hybridized carbons (Fsp3) is 0.176. The third-order valence-corrected chi connectivity index (χ3v) is 5.11. The van der Waals surface area contributed by atoms with E-state index in [1.54, 1.807) is 12.1 Å². The number of amides is 1. The Hall–Kier alpha value is -2.02. The zero-order chi connectivity index (χ0) is 20.3. The van der Waals surface area contributed by atoms with Crippen LogP contribution in [0.25, 0.3) is 0 Å². The number of ether oxygens (including phenoxy) is 1. The number of aliphatic imine (C=N–C) groups is 1. The van der Waals surface area contributed by atoms with Crippen LogP contribution >= 0.6 is 34.5 Å². The Labute approximate surface area is 175 Å². The summed E-state index contributed by atoms with van der Waals surface area (Å²) in [6.45, 7) is -4.35. The second kappa shape index (κ2) is 8.55. The average Bonchev–Trinajstić information content (AvgIpc) is 2.65. The normalized spacial score (nSPS) is 13.4. The van der Waals surface area contributed by atoms with Gasteiger partial charge in [0.15, 0.2) is 0 Å². The highest BCUT2D eigenvalue weighted by Gasteiger charge is 2.36. The summed E-state index contributed by atoms with van der Waals surface area (Å²) in [5.74, 6) is -5.25. The zero-order valence-electron chi connectivity index (χ0n) is 13.9. The van der Waals surface area contributed by atoms with Crippen molar-refractivity contribution >= 4 is 52.0 Å². The number of carbonyl (C=O) groups is 1. The van der Waals surface area contributed by atoms with Crippen LogP contribution in [-0.4, -0.2) is 24.9 Å². The van der Waals surface area contributed by atoms with E-state index in [9.17, 15) is 22.4 Å². The summed E-state index contributed by atoms with van der Waals surface area (Å²) in [5.41, 5.74) is -0.208. The molecule has 11 heteroatoms. The number of halogens is 5. The van der Waals surface area contributed by atoms with Crippen molar-refractivity contribution in [2.24, 2.45) is 4.99 Å². The summed E-state index contributed by atoms with van der Waals surface area (Å²) < 4.78 is 61.6. The highest BCUT2D eigenvalue weighted by molar-refractivity contribution is 14.1. The summed E-state index contributed by atoms with van der Waals surface area (Å²) >= 11 is 3.27. The Morgan fingerprint density at radius 2 is 2.04 bits per heavy atom. The largest absolute Gasteiger partial charge is 0.434 e. The molecule has 1 amide bonds. The number of carbonyl (C=O) groups excluding carboxylic acids is 1. The molecule has 2 N–H and O–H groups in total. The number of nitrogens with one attached hydrogen (secondary N) is 2. The van der Waals surface area contributed by atoms with Crippen LogP contribution in [0.15, 0.2) is 52.4 Å². The van der Waals surface area contributed by atoms with E-state index in [1.165, 1.54) is 12.1 Å². The van der Waals surface area contributed by atoms with Crippen molar-refractivity contribution in [3.63, 3.8) is 0 Å². The third kappa shape index (κ3) is 4.87. The van der Waals surface area contributed by atoms with Crippen molar-refractivity contribution in [1.29, 1.82) is 0 Å². The Kier molecular flexibility index (Phi) is 6.33. The standard InChI is InChI=1S/C17H12F4IN3O2S/c18-16(19)27-12-4-2-1-3-10(12)17(20,21)8-23-15(26)14-24-11-6-5-9(22)7-13(11)28-25-14/h1-7,16H,8H2,(H,23,26)(H,24,25). The quantitative estimate of drug-likeness (QED) is 0.333. The van der Waals surface area contributed by atoms with Crippen LogP contribution in [-0.2, 0) is 10.7 Å². The SMILES string of the molecule is O=C(NCC(F)(F)c1ccccc1OC(F)F)C1=Nc2ccc(I)cc2SN1. The molecule has 28 heavy (non-hydrogen) atoms. The fourth-order valence-corrected chi connectivity index (χ4v) is 3.80. The van der Waals surface area contributed by atoms with Gasteiger partial charge in [-0.15, -0.1) is 0 Å². The lowest BCUT2D eigenvalue weighted by Crippen LogP contribution is -2.42. The van der Waals surface area contributed by atoms with Gasteiger partial charge in [-0.05, 0) is 64.9 Å². The van der Waals surface area contributed by atoms with E-state index in [0.29, 0.717) is 5.69 Å². The molecule has 148 valence electrons. The highest BCUT2D eigenvalue weighted by Crippen LogP contribution is 2.35. The minimum atomic E-state index is -3.63. The van der Waals surface area contributed by atoms with E-state index in [2.05, 4.69) is 42.4 Å². The molecule has 0 aromatic heterocycles. The summed E-state index contributed by atoms with van der Waals surface area (Å²) in [6.07, 6.45) is 0. The van der Waals surface area contributed by atoms with Crippen LogP contribution in [0.5, 0.6) is 5.75 Å². The number of para-hydroxylation sites is 1. The molecule has 1 aliphatic rings. The topological polar surface area (TPSA) is 62.7 Å². The molecular formula is C17H12F4IN3O2S. The predicted molar refractivity (Wildman–Crippen MR) is 105 cm³/mol. The van der Waals surface area contributed by atoms with Gasteiger partial charge in [0.05, 0.1) is 22.7 Å². The maximum Gasteiger partial charge on any atom is 0.387 e. The molecule has 1 aliphatic heterocycles. The maximum atomic E-state index is 14.5. The van der Waals surface area contributed by atoms with Crippen molar-refractivity contribution in [2.45, 2.75) is 17.4 Å².